The minimum absolute atomic E-state index is 0.476. The van der Waals surface area contributed by atoms with Crippen molar-refractivity contribution >= 4 is 11.6 Å². The largest absolute Gasteiger partial charge is 0.382 e. The van der Waals surface area contributed by atoms with Crippen LogP contribution in [0.25, 0.3) is 0 Å². The van der Waals surface area contributed by atoms with Crippen LogP contribution in [0.1, 0.15) is 12.8 Å². The molecular formula is C9H14N4. The third kappa shape index (κ3) is 2.08. The molecule has 1 aromatic heterocycles. The van der Waals surface area contributed by atoms with Gasteiger partial charge in [0.2, 0.25) is 0 Å². The van der Waals surface area contributed by atoms with Crippen LogP contribution in [-0.4, -0.2) is 23.8 Å². The van der Waals surface area contributed by atoms with Crippen LogP contribution in [0.5, 0.6) is 0 Å². The molecule has 1 saturated carbocycles. The van der Waals surface area contributed by atoms with E-state index in [2.05, 4.69) is 15.1 Å². The SMILES string of the molecule is CN(CC1CC1)c1ccc(N)nn1. The molecule has 0 saturated heterocycles. The van der Waals surface area contributed by atoms with Crippen molar-refractivity contribution in [1.29, 1.82) is 0 Å². The monoisotopic (exact) mass is 178 g/mol. The molecule has 0 bridgehead atoms. The van der Waals surface area contributed by atoms with E-state index in [-0.39, 0.29) is 0 Å². The summed E-state index contributed by atoms with van der Waals surface area (Å²) < 4.78 is 0. The van der Waals surface area contributed by atoms with Gasteiger partial charge in [-0.2, -0.15) is 0 Å². The molecule has 1 aromatic rings. The van der Waals surface area contributed by atoms with Crippen molar-refractivity contribution in [3.05, 3.63) is 12.1 Å². The predicted molar refractivity (Wildman–Crippen MR) is 52.4 cm³/mol. The Kier molecular flexibility index (Phi) is 2.04. The number of nitrogens with two attached hydrogens (primary N) is 1. The van der Waals surface area contributed by atoms with E-state index >= 15 is 0 Å². The second kappa shape index (κ2) is 3.20. The zero-order chi connectivity index (χ0) is 9.26. The number of hydrogen-bond donors (Lipinski definition) is 1. The van der Waals surface area contributed by atoms with Crippen molar-refractivity contribution in [3.63, 3.8) is 0 Å². The fourth-order valence-electron chi connectivity index (χ4n) is 1.32. The molecule has 4 nitrogen and oxygen atoms in total. The van der Waals surface area contributed by atoms with Gasteiger partial charge >= 0.3 is 0 Å². The molecule has 0 spiro atoms. The zero-order valence-corrected chi connectivity index (χ0v) is 7.77. The number of hydrogen-bond acceptors (Lipinski definition) is 4. The second-order valence-corrected chi connectivity index (χ2v) is 3.64. The molecule has 4 heteroatoms. The highest BCUT2D eigenvalue weighted by Crippen LogP contribution is 2.30. The van der Waals surface area contributed by atoms with Crippen LogP contribution in [-0.2, 0) is 0 Å². The van der Waals surface area contributed by atoms with Gasteiger partial charge in [0, 0.05) is 13.6 Å². The van der Waals surface area contributed by atoms with Gasteiger partial charge in [-0.1, -0.05) is 0 Å². The predicted octanol–water partition coefficient (Wildman–Crippen LogP) is 0.905. The lowest BCUT2D eigenvalue weighted by Crippen LogP contribution is -2.21. The molecule has 0 aromatic carbocycles. The van der Waals surface area contributed by atoms with E-state index in [1.54, 1.807) is 6.07 Å². The molecule has 1 heterocycles. The van der Waals surface area contributed by atoms with Crippen molar-refractivity contribution in [2.24, 2.45) is 5.92 Å². The molecule has 1 aliphatic rings. The lowest BCUT2D eigenvalue weighted by molar-refractivity contribution is 0.769. The highest BCUT2D eigenvalue weighted by atomic mass is 15.3. The van der Waals surface area contributed by atoms with Gasteiger partial charge < -0.3 is 10.6 Å². The quantitative estimate of drug-likeness (QED) is 0.747. The molecule has 13 heavy (non-hydrogen) atoms. The van der Waals surface area contributed by atoms with Crippen LogP contribution in [0.4, 0.5) is 11.6 Å². The third-order valence-electron chi connectivity index (χ3n) is 2.29. The summed E-state index contributed by atoms with van der Waals surface area (Å²) in [4.78, 5) is 2.13. The van der Waals surface area contributed by atoms with E-state index in [1.807, 2.05) is 13.1 Å². The highest BCUT2D eigenvalue weighted by Gasteiger charge is 2.23. The van der Waals surface area contributed by atoms with Gasteiger partial charge in [-0.05, 0) is 30.9 Å². The van der Waals surface area contributed by atoms with Crippen LogP contribution in [0.15, 0.2) is 12.1 Å². The second-order valence-electron chi connectivity index (χ2n) is 3.64. The van der Waals surface area contributed by atoms with Gasteiger partial charge in [-0.15, -0.1) is 10.2 Å². The summed E-state index contributed by atoms with van der Waals surface area (Å²) in [5, 5.41) is 7.82. The summed E-state index contributed by atoms with van der Waals surface area (Å²) in [7, 11) is 2.04. The average Bonchev–Trinajstić information content (AvgIpc) is 2.89. The fraction of sp³-hybridized carbons (Fsp3) is 0.556. The van der Waals surface area contributed by atoms with Gasteiger partial charge in [-0.25, -0.2) is 0 Å². The topological polar surface area (TPSA) is 55.0 Å². The molecular weight excluding hydrogens is 164 g/mol. The van der Waals surface area contributed by atoms with E-state index in [1.165, 1.54) is 12.8 Å². The first kappa shape index (κ1) is 8.29. The molecule has 2 N–H and O–H groups in total. The first-order chi connectivity index (χ1) is 6.25. The fourth-order valence-corrected chi connectivity index (χ4v) is 1.32. The summed E-state index contributed by atoms with van der Waals surface area (Å²) in [6.45, 7) is 1.08. The number of rotatable bonds is 3. The van der Waals surface area contributed by atoms with Gasteiger partial charge in [0.1, 0.15) is 5.82 Å². The Labute approximate surface area is 77.8 Å². The lowest BCUT2D eigenvalue weighted by atomic mass is 10.4. The van der Waals surface area contributed by atoms with Crippen molar-refractivity contribution in [1.82, 2.24) is 10.2 Å². The first-order valence-corrected chi connectivity index (χ1v) is 4.56. The van der Waals surface area contributed by atoms with E-state index in [0.717, 1.165) is 18.3 Å². The van der Waals surface area contributed by atoms with E-state index in [9.17, 15) is 0 Å². The number of aromatic nitrogens is 2. The van der Waals surface area contributed by atoms with E-state index in [0.29, 0.717) is 5.82 Å². The van der Waals surface area contributed by atoms with Crippen LogP contribution >= 0.6 is 0 Å². The van der Waals surface area contributed by atoms with Gasteiger partial charge in [0.15, 0.2) is 5.82 Å². The lowest BCUT2D eigenvalue weighted by Gasteiger charge is -2.16. The minimum Gasteiger partial charge on any atom is -0.382 e. The van der Waals surface area contributed by atoms with Crippen molar-refractivity contribution < 1.29 is 0 Å². The number of anilines is 2. The standard InChI is InChI=1S/C9H14N4/c1-13(6-7-2-3-7)9-5-4-8(10)11-12-9/h4-5,7H,2-3,6H2,1H3,(H2,10,11). The summed E-state index contributed by atoms with van der Waals surface area (Å²) in [5.41, 5.74) is 5.45. The van der Waals surface area contributed by atoms with Crippen molar-refractivity contribution in [3.8, 4) is 0 Å². The van der Waals surface area contributed by atoms with Crippen LogP contribution < -0.4 is 10.6 Å². The summed E-state index contributed by atoms with van der Waals surface area (Å²) in [6.07, 6.45) is 2.71. The van der Waals surface area contributed by atoms with Crippen LogP contribution in [0.3, 0.4) is 0 Å². The Hall–Kier alpha value is -1.32. The molecule has 1 fully saturated rings. The van der Waals surface area contributed by atoms with E-state index < -0.39 is 0 Å². The molecule has 0 aliphatic heterocycles. The van der Waals surface area contributed by atoms with Crippen molar-refractivity contribution in [2.75, 3.05) is 24.2 Å². The van der Waals surface area contributed by atoms with Crippen LogP contribution in [0, 0.1) is 5.92 Å². The Bertz CT molecular complexity index is 278. The molecule has 0 atom stereocenters. The average molecular weight is 178 g/mol. The number of nitrogen functional groups attached to an aromatic ring is 1. The maximum atomic E-state index is 5.45. The summed E-state index contributed by atoms with van der Waals surface area (Å²) in [5.74, 6) is 2.24. The van der Waals surface area contributed by atoms with Crippen LogP contribution in [0.2, 0.25) is 0 Å². The van der Waals surface area contributed by atoms with Gasteiger partial charge in [0.25, 0.3) is 0 Å². The first-order valence-electron chi connectivity index (χ1n) is 4.56. The number of nitrogens with zero attached hydrogens (tertiary/aromatic N) is 3. The summed E-state index contributed by atoms with van der Waals surface area (Å²) in [6, 6.07) is 3.69. The third-order valence-corrected chi connectivity index (χ3v) is 2.29. The molecule has 1 aliphatic carbocycles. The zero-order valence-electron chi connectivity index (χ0n) is 7.77. The highest BCUT2D eigenvalue weighted by molar-refractivity contribution is 5.40. The summed E-state index contributed by atoms with van der Waals surface area (Å²) >= 11 is 0. The minimum atomic E-state index is 0.476. The van der Waals surface area contributed by atoms with Gasteiger partial charge in [0.05, 0.1) is 0 Å². The molecule has 2 rings (SSSR count). The maximum absolute atomic E-state index is 5.45. The Morgan fingerprint density at radius 2 is 2.23 bits per heavy atom. The van der Waals surface area contributed by atoms with Crippen molar-refractivity contribution in [2.45, 2.75) is 12.8 Å². The molecule has 70 valence electrons. The van der Waals surface area contributed by atoms with E-state index in [4.69, 9.17) is 5.73 Å². The molecule has 0 unspecified atom stereocenters. The normalized spacial score (nSPS) is 15.8. The van der Waals surface area contributed by atoms with Gasteiger partial charge in [-0.3, -0.25) is 0 Å². The Morgan fingerprint density at radius 1 is 1.46 bits per heavy atom. The molecule has 0 amide bonds. The molecule has 0 radical (unpaired) electrons. The Morgan fingerprint density at radius 3 is 2.77 bits per heavy atom. The smallest absolute Gasteiger partial charge is 0.151 e. The maximum Gasteiger partial charge on any atom is 0.151 e. The Balaban J connectivity index is 2.01.